The standard InChI is InChI=1S/C18H21N5O2/c1-12(2)17-21-18(25-22-17)14-5-7-15(8-6-14)20-16(24)9-4-13-10-19-23(3)11-13/h5-8,10-12H,4,9H2,1-3H3,(H,20,24). The summed E-state index contributed by atoms with van der Waals surface area (Å²) in [7, 11) is 1.86. The van der Waals surface area contributed by atoms with Crippen LogP contribution >= 0.6 is 0 Å². The minimum atomic E-state index is -0.0310. The second kappa shape index (κ2) is 7.29. The number of aromatic nitrogens is 4. The summed E-state index contributed by atoms with van der Waals surface area (Å²) in [5.74, 6) is 1.35. The Morgan fingerprint density at radius 2 is 2.04 bits per heavy atom. The van der Waals surface area contributed by atoms with Crippen LogP contribution < -0.4 is 5.32 Å². The van der Waals surface area contributed by atoms with Crippen molar-refractivity contribution in [2.24, 2.45) is 7.05 Å². The Bertz CT molecular complexity index is 848. The average Bonchev–Trinajstić information content (AvgIpc) is 3.23. The van der Waals surface area contributed by atoms with E-state index in [1.165, 1.54) is 0 Å². The molecule has 0 aliphatic rings. The van der Waals surface area contributed by atoms with Gasteiger partial charge in [0.15, 0.2) is 5.82 Å². The van der Waals surface area contributed by atoms with Crippen molar-refractivity contribution in [3.63, 3.8) is 0 Å². The van der Waals surface area contributed by atoms with E-state index in [1.54, 1.807) is 10.9 Å². The first-order chi connectivity index (χ1) is 12.0. The normalized spacial score (nSPS) is 11.0. The summed E-state index contributed by atoms with van der Waals surface area (Å²) in [4.78, 5) is 16.4. The fourth-order valence-electron chi connectivity index (χ4n) is 2.37. The summed E-state index contributed by atoms with van der Waals surface area (Å²) in [5.41, 5.74) is 2.61. The lowest BCUT2D eigenvalue weighted by Gasteiger charge is -2.05. The molecular formula is C18H21N5O2. The van der Waals surface area contributed by atoms with Crippen molar-refractivity contribution in [3.8, 4) is 11.5 Å². The van der Waals surface area contributed by atoms with Crippen molar-refractivity contribution in [2.45, 2.75) is 32.6 Å². The molecule has 0 fully saturated rings. The van der Waals surface area contributed by atoms with Crippen LogP contribution in [0.2, 0.25) is 0 Å². The smallest absolute Gasteiger partial charge is 0.257 e. The van der Waals surface area contributed by atoms with Crippen LogP contribution in [0.3, 0.4) is 0 Å². The van der Waals surface area contributed by atoms with Gasteiger partial charge < -0.3 is 9.84 Å². The van der Waals surface area contributed by atoms with Crippen LogP contribution in [0, 0.1) is 0 Å². The van der Waals surface area contributed by atoms with Gasteiger partial charge in [0.05, 0.1) is 6.20 Å². The monoisotopic (exact) mass is 339 g/mol. The zero-order valence-corrected chi connectivity index (χ0v) is 14.6. The van der Waals surface area contributed by atoms with Gasteiger partial charge in [-0.1, -0.05) is 19.0 Å². The van der Waals surface area contributed by atoms with Crippen molar-refractivity contribution >= 4 is 11.6 Å². The third-order valence-electron chi connectivity index (χ3n) is 3.77. The molecule has 7 heteroatoms. The number of aryl methyl sites for hydroxylation is 2. The fourth-order valence-corrected chi connectivity index (χ4v) is 2.37. The molecule has 1 amide bonds. The highest BCUT2D eigenvalue weighted by Gasteiger charge is 2.11. The molecule has 2 aromatic heterocycles. The minimum absolute atomic E-state index is 0.0310. The van der Waals surface area contributed by atoms with Crippen LogP contribution in [0.4, 0.5) is 5.69 Å². The van der Waals surface area contributed by atoms with E-state index in [2.05, 4.69) is 20.6 Å². The topological polar surface area (TPSA) is 85.8 Å². The van der Waals surface area contributed by atoms with Crippen LogP contribution in [-0.2, 0) is 18.3 Å². The Hall–Kier alpha value is -2.96. The SMILES string of the molecule is CC(C)c1noc(-c2ccc(NC(=O)CCc3cnn(C)c3)cc2)n1. The number of rotatable bonds is 6. The predicted molar refractivity (Wildman–Crippen MR) is 94.0 cm³/mol. The number of hydrogen-bond acceptors (Lipinski definition) is 5. The first-order valence-electron chi connectivity index (χ1n) is 8.22. The summed E-state index contributed by atoms with van der Waals surface area (Å²) in [6.07, 6.45) is 4.77. The molecule has 25 heavy (non-hydrogen) atoms. The third kappa shape index (κ3) is 4.32. The zero-order valence-electron chi connectivity index (χ0n) is 14.6. The third-order valence-corrected chi connectivity index (χ3v) is 3.77. The van der Waals surface area contributed by atoms with Gasteiger partial charge in [-0.05, 0) is 36.2 Å². The van der Waals surface area contributed by atoms with Gasteiger partial charge in [-0.3, -0.25) is 9.48 Å². The second-order valence-corrected chi connectivity index (χ2v) is 6.26. The Morgan fingerprint density at radius 1 is 1.28 bits per heavy atom. The maximum atomic E-state index is 12.0. The number of amides is 1. The molecule has 1 aromatic carbocycles. The molecule has 0 aliphatic heterocycles. The van der Waals surface area contributed by atoms with Crippen LogP contribution in [0.1, 0.15) is 37.6 Å². The largest absolute Gasteiger partial charge is 0.334 e. The summed E-state index contributed by atoms with van der Waals surface area (Å²) in [5, 5.41) is 10.9. The van der Waals surface area contributed by atoms with Gasteiger partial charge in [-0.25, -0.2) is 0 Å². The summed E-state index contributed by atoms with van der Waals surface area (Å²) < 4.78 is 7.00. The van der Waals surface area contributed by atoms with E-state index in [0.29, 0.717) is 24.6 Å². The fraction of sp³-hybridized carbons (Fsp3) is 0.333. The highest BCUT2D eigenvalue weighted by atomic mass is 16.5. The van der Waals surface area contributed by atoms with E-state index in [9.17, 15) is 4.79 Å². The Labute approximate surface area is 146 Å². The molecule has 0 saturated heterocycles. The van der Waals surface area contributed by atoms with Crippen LogP contribution in [0.5, 0.6) is 0 Å². The number of nitrogens with zero attached hydrogens (tertiary/aromatic N) is 4. The van der Waals surface area contributed by atoms with E-state index < -0.39 is 0 Å². The lowest BCUT2D eigenvalue weighted by atomic mass is 10.1. The van der Waals surface area contributed by atoms with Gasteiger partial charge in [0.1, 0.15) is 0 Å². The van der Waals surface area contributed by atoms with Crippen molar-refractivity contribution in [1.82, 2.24) is 19.9 Å². The van der Waals surface area contributed by atoms with Crippen LogP contribution in [0.25, 0.3) is 11.5 Å². The van der Waals surface area contributed by atoms with Crippen molar-refractivity contribution in [2.75, 3.05) is 5.32 Å². The minimum Gasteiger partial charge on any atom is -0.334 e. The number of nitrogens with one attached hydrogen (secondary N) is 1. The van der Waals surface area contributed by atoms with Gasteiger partial charge in [0.2, 0.25) is 5.91 Å². The zero-order chi connectivity index (χ0) is 17.8. The predicted octanol–water partition coefficient (Wildman–Crippen LogP) is 3.16. The van der Waals surface area contributed by atoms with E-state index in [1.807, 2.05) is 51.4 Å². The van der Waals surface area contributed by atoms with Crippen LogP contribution in [-0.4, -0.2) is 25.8 Å². The molecule has 2 heterocycles. The Kier molecular flexibility index (Phi) is 4.92. The van der Waals surface area contributed by atoms with E-state index in [0.717, 1.165) is 16.8 Å². The highest BCUT2D eigenvalue weighted by Crippen LogP contribution is 2.21. The van der Waals surface area contributed by atoms with Crippen molar-refractivity contribution in [1.29, 1.82) is 0 Å². The first kappa shape index (κ1) is 16.9. The molecule has 130 valence electrons. The number of carbonyl (C=O) groups excluding carboxylic acids is 1. The lowest BCUT2D eigenvalue weighted by Crippen LogP contribution is -2.12. The molecule has 0 spiro atoms. The quantitative estimate of drug-likeness (QED) is 0.745. The van der Waals surface area contributed by atoms with Gasteiger partial charge in [-0.15, -0.1) is 0 Å². The molecule has 0 saturated carbocycles. The lowest BCUT2D eigenvalue weighted by molar-refractivity contribution is -0.116. The average molecular weight is 339 g/mol. The second-order valence-electron chi connectivity index (χ2n) is 6.26. The van der Waals surface area contributed by atoms with E-state index >= 15 is 0 Å². The molecule has 0 bridgehead atoms. The molecule has 0 radical (unpaired) electrons. The molecule has 0 aliphatic carbocycles. The highest BCUT2D eigenvalue weighted by molar-refractivity contribution is 5.91. The molecule has 0 atom stereocenters. The molecule has 3 aromatic rings. The van der Waals surface area contributed by atoms with Gasteiger partial charge in [-0.2, -0.15) is 10.1 Å². The first-order valence-corrected chi connectivity index (χ1v) is 8.22. The van der Waals surface area contributed by atoms with E-state index in [-0.39, 0.29) is 11.8 Å². The Morgan fingerprint density at radius 3 is 2.64 bits per heavy atom. The summed E-state index contributed by atoms with van der Waals surface area (Å²) >= 11 is 0. The summed E-state index contributed by atoms with van der Waals surface area (Å²) in [6, 6.07) is 7.37. The van der Waals surface area contributed by atoms with E-state index in [4.69, 9.17) is 4.52 Å². The molecular weight excluding hydrogens is 318 g/mol. The van der Waals surface area contributed by atoms with Gasteiger partial charge >= 0.3 is 0 Å². The number of carbonyl (C=O) groups is 1. The van der Waals surface area contributed by atoms with Crippen molar-refractivity contribution < 1.29 is 9.32 Å². The molecule has 3 rings (SSSR count). The van der Waals surface area contributed by atoms with Gasteiger partial charge in [0, 0.05) is 36.8 Å². The maximum absolute atomic E-state index is 12.0. The molecule has 1 N–H and O–H groups in total. The molecule has 7 nitrogen and oxygen atoms in total. The number of hydrogen-bond donors (Lipinski definition) is 1. The number of anilines is 1. The van der Waals surface area contributed by atoms with Crippen molar-refractivity contribution in [3.05, 3.63) is 48.0 Å². The number of benzene rings is 1. The van der Waals surface area contributed by atoms with Gasteiger partial charge in [0.25, 0.3) is 5.89 Å². The maximum Gasteiger partial charge on any atom is 0.257 e. The molecule has 0 unspecified atom stereocenters. The summed E-state index contributed by atoms with van der Waals surface area (Å²) in [6.45, 7) is 4.03. The van der Waals surface area contributed by atoms with Crippen LogP contribution in [0.15, 0.2) is 41.2 Å². The Balaban J connectivity index is 1.57.